The lowest BCUT2D eigenvalue weighted by Crippen LogP contribution is -2.26. The van der Waals surface area contributed by atoms with Crippen LogP contribution in [0.2, 0.25) is 0 Å². The predicted octanol–water partition coefficient (Wildman–Crippen LogP) is 2.87. The summed E-state index contributed by atoms with van der Waals surface area (Å²) in [4.78, 5) is 28.6. The van der Waals surface area contributed by atoms with Gasteiger partial charge in [0.2, 0.25) is 0 Å². The Kier molecular flexibility index (Phi) is 4.44. The number of hydrogen-bond acceptors (Lipinski definition) is 4. The molecule has 1 saturated carbocycles. The first-order valence-electron chi connectivity index (χ1n) is 7.03. The van der Waals surface area contributed by atoms with Crippen LogP contribution in [-0.2, 0) is 20.9 Å². The third-order valence-electron chi connectivity index (χ3n) is 3.82. The van der Waals surface area contributed by atoms with E-state index in [1.54, 1.807) is 4.57 Å². The Morgan fingerprint density at radius 1 is 1.45 bits per heavy atom. The third kappa shape index (κ3) is 3.01. The van der Waals surface area contributed by atoms with Gasteiger partial charge in [0.25, 0.3) is 5.91 Å². The van der Waals surface area contributed by atoms with E-state index in [1.165, 1.54) is 18.4 Å². The second-order valence-corrected chi connectivity index (χ2v) is 7.16. The molecule has 0 saturated heterocycles. The highest BCUT2D eigenvalue weighted by Gasteiger charge is 2.25. The van der Waals surface area contributed by atoms with Crippen LogP contribution in [0.5, 0.6) is 0 Å². The molecule has 0 N–H and O–H groups in total. The fraction of sp³-hybridized carbons (Fsp3) is 0.400. The molecule has 1 fully saturated rings. The Labute approximate surface area is 139 Å². The largest absolute Gasteiger partial charge is 0.468 e. The summed E-state index contributed by atoms with van der Waals surface area (Å²) in [6.07, 6.45) is 2.92. The standard InChI is InChI=1S/C15H15BrN2O3S/c1-21-13(19)8-18-11-6-5-10(16)7-12(11)22-15(18)17-14(20)9-3-2-4-9/h5-7,9H,2-4,8H2,1H3. The summed E-state index contributed by atoms with van der Waals surface area (Å²) >= 11 is 4.84. The maximum Gasteiger partial charge on any atom is 0.325 e. The number of hydrogen-bond donors (Lipinski definition) is 0. The molecule has 1 aliphatic rings. The molecule has 0 radical (unpaired) electrons. The monoisotopic (exact) mass is 382 g/mol. The van der Waals surface area contributed by atoms with E-state index in [0.29, 0.717) is 4.80 Å². The van der Waals surface area contributed by atoms with E-state index < -0.39 is 0 Å². The minimum atomic E-state index is -0.361. The number of halogens is 1. The highest BCUT2D eigenvalue weighted by Crippen LogP contribution is 2.27. The lowest BCUT2D eigenvalue weighted by molar-refractivity contribution is -0.141. The van der Waals surface area contributed by atoms with Gasteiger partial charge in [-0.2, -0.15) is 4.99 Å². The summed E-state index contributed by atoms with van der Waals surface area (Å²) in [5.74, 6) is -0.404. The van der Waals surface area contributed by atoms with Crippen LogP contribution in [0.15, 0.2) is 27.7 Å². The first-order chi connectivity index (χ1) is 10.6. The van der Waals surface area contributed by atoms with Crippen LogP contribution >= 0.6 is 27.3 Å². The van der Waals surface area contributed by atoms with E-state index in [2.05, 4.69) is 20.9 Å². The van der Waals surface area contributed by atoms with Gasteiger partial charge >= 0.3 is 5.97 Å². The molecule has 3 rings (SSSR count). The number of fused-ring (bicyclic) bond motifs is 1. The SMILES string of the molecule is COC(=O)Cn1c(=NC(=O)C2CCC2)sc2cc(Br)ccc21. The Morgan fingerprint density at radius 3 is 2.86 bits per heavy atom. The van der Waals surface area contributed by atoms with E-state index in [-0.39, 0.29) is 24.3 Å². The quantitative estimate of drug-likeness (QED) is 0.766. The minimum Gasteiger partial charge on any atom is -0.468 e. The van der Waals surface area contributed by atoms with E-state index in [9.17, 15) is 9.59 Å². The van der Waals surface area contributed by atoms with Crippen molar-refractivity contribution in [3.63, 3.8) is 0 Å². The zero-order valence-electron chi connectivity index (χ0n) is 12.0. The number of amides is 1. The molecule has 1 aliphatic carbocycles. The van der Waals surface area contributed by atoms with Crippen molar-refractivity contribution in [2.75, 3.05) is 7.11 Å². The molecular weight excluding hydrogens is 368 g/mol. The fourth-order valence-corrected chi connectivity index (χ4v) is 3.91. The van der Waals surface area contributed by atoms with Crippen LogP contribution in [0.3, 0.4) is 0 Å². The van der Waals surface area contributed by atoms with Crippen LogP contribution in [0.4, 0.5) is 0 Å². The number of benzene rings is 1. The summed E-state index contributed by atoms with van der Waals surface area (Å²) in [7, 11) is 1.35. The number of rotatable bonds is 3. The fourth-order valence-electron chi connectivity index (χ4n) is 2.32. The molecule has 0 atom stereocenters. The summed E-state index contributed by atoms with van der Waals surface area (Å²) < 4.78 is 8.41. The summed E-state index contributed by atoms with van der Waals surface area (Å²) in [6, 6.07) is 5.77. The number of carbonyl (C=O) groups excluding carboxylic acids is 2. The maximum atomic E-state index is 12.1. The number of ether oxygens (including phenoxy) is 1. The molecule has 1 aromatic heterocycles. The summed E-state index contributed by atoms with van der Waals surface area (Å²) in [6.45, 7) is 0.0505. The van der Waals surface area contributed by atoms with E-state index >= 15 is 0 Å². The molecule has 0 aliphatic heterocycles. The van der Waals surface area contributed by atoms with Gasteiger partial charge in [0.05, 0.1) is 17.3 Å². The molecule has 116 valence electrons. The van der Waals surface area contributed by atoms with Crippen molar-refractivity contribution in [1.29, 1.82) is 0 Å². The first kappa shape index (κ1) is 15.4. The lowest BCUT2D eigenvalue weighted by Gasteiger charge is -2.20. The van der Waals surface area contributed by atoms with E-state index in [1.807, 2.05) is 18.2 Å². The van der Waals surface area contributed by atoms with Crippen molar-refractivity contribution < 1.29 is 14.3 Å². The number of carbonyl (C=O) groups is 2. The van der Waals surface area contributed by atoms with Crippen molar-refractivity contribution in [2.24, 2.45) is 10.9 Å². The number of thiazole rings is 1. The van der Waals surface area contributed by atoms with Crippen LogP contribution in [0, 0.1) is 5.92 Å². The topological polar surface area (TPSA) is 60.7 Å². The van der Waals surface area contributed by atoms with Crippen LogP contribution in [-0.4, -0.2) is 23.6 Å². The molecule has 2 aromatic rings. The zero-order valence-corrected chi connectivity index (χ0v) is 14.4. The Morgan fingerprint density at radius 2 is 2.23 bits per heavy atom. The van der Waals surface area contributed by atoms with E-state index in [0.717, 1.165) is 34.0 Å². The van der Waals surface area contributed by atoms with Crippen LogP contribution < -0.4 is 4.80 Å². The molecular formula is C15H15BrN2O3S. The Balaban J connectivity index is 2.10. The Bertz CT molecular complexity index is 805. The molecule has 22 heavy (non-hydrogen) atoms. The zero-order chi connectivity index (χ0) is 15.7. The average molecular weight is 383 g/mol. The molecule has 0 unspecified atom stereocenters. The summed E-state index contributed by atoms with van der Waals surface area (Å²) in [5, 5.41) is 0. The molecule has 1 amide bonds. The van der Waals surface area contributed by atoms with Gasteiger partial charge in [0, 0.05) is 10.4 Å². The van der Waals surface area contributed by atoms with Gasteiger partial charge in [0.1, 0.15) is 6.54 Å². The van der Waals surface area contributed by atoms with Crippen LogP contribution in [0.1, 0.15) is 19.3 Å². The minimum absolute atomic E-state index is 0.0449. The molecule has 7 heteroatoms. The van der Waals surface area contributed by atoms with Gasteiger partial charge in [-0.3, -0.25) is 9.59 Å². The normalized spacial score (nSPS) is 15.8. The van der Waals surface area contributed by atoms with Gasteiger partial charge in [-0.1, -0.05) is 33.7 Å². The molecule has 0 bridgehead atoms. The van der Waals surface area contributed by atoms with Crippen molar-refractivity contribution in [3.05, 3.63) is 27.5 Å². The molecule has 0 spiro atoms. The lowest BCUT2D eigenvalue weighted by atomic mass is 9.85. The highest BCUT2D eigenvalue weighted by atomic mass is 79.9. The number of aromatic nitrogens is 1. The van der Waals surface area contributed by atoms with Gasteiger partial charge in [0.15, 0.2) is 4.80 Å². The number of nitrogens with zero attached hydrogens (tertiary/aromatic N) is 2. The van der Waals surface area contributed by atoms with Crippen molar-refractivity contribution in [3.8, 4) is 0 Å². The van der Waals surface area contributed by atoms with Gasteiger partial charge in [-0.25, -0.2) is 0 Å². The number of methoxy groups -OCH3 is 1. The third-order valence-corrected chi connectivity index (χ3v) is 5.35. The summed E-state index contributed by atoms with van der Waals surface area (Å²) in [5.41, 5.74) is 0.874. The smallest absolute Gasteiger partial charge is 0.325 e. The van der Waals surface area contributed by atoms with Gasteiger partial charge in [-0.05, 0) is 31.0 Å². The van der Waals surface area contributed by atoms with Crippen molar-refractivity contribution >= 4 is 49.4 Å². The molecule has 1 aromatic carbocycles. The van der Waals surface area contributed by atoms with Gasteiger partial charge < -0.3 is 9.30 Å². The molecule has 5 nitrogen and oxygen atoms in total. The first-order valence-corrected chi connectivity index (χ1v) is 8.63. The number of esters is 1. The second kappa shape index (κ2) is 6.34. The maximum absolute atomic E-state index is 12.1. The average Bonchev–Trinajstić information content (AvgIpc) is 2.73. The highest BCUT2D eigenvalue weighted by molar-refractivity contribution is 9.10. The Hall–Kier alpha value is -1.47. The van der Waals surface area contributed by atoms with E-state index in [4.69, 9.17) is 4.74 Å². The van der Waals surface area contributed by atoms with Crippen LogP contribution in [0.25, 0.3) is 10.2 Å². The second-order valence-electron chi connectivity index (χ2n) is 5.24. The van der Waals surface area contributed by atoms with Crippen molar-refractivity contribution in [1.82, 2.24) is 4.57 Å². The van der Waals surface area contributed by atoms with Gasteiger partial charge in [-0.15, -0.1) is 0 Å². The van der Waals surface area contributed by atoms with Crippen molar-refractivity contribution in [2.45, 2.75) is 25.8 Å². The molecule has 1 heterocycles. The predicted molar refractivity (Wildman–Crippen MR) is 87.4 cm³/mol.